The normalized spacial score (nSPS) is 13.3. The second-order valence-electron chi connectivity index (χ2n) is 12.0. The summed E-state index contributed by atoms with van der Waals surface area (Å²) in [5, 5.41) is 1.65. The van der Waals surface area contributed by atoms with Crippen molar-refractivity contribution >= 4 is 43.6 Å². The Bertz CT molecular complexity index is 3140. The molecule has 3 heterocycles. The number of fused-ring (bicyclic) bond motifs is 7. The monoisotopic (exact) mass is 645 g/mol. The van der Waals surface area contributed by atoms with Gasteiger partial charge in [0.25, 0.3) is 0 Å². The Morgan fingerprint density at radius 1 is 0.400 bits per heavy atom. The first-order chi connectivity index (χ1) is 27.3. The summed E-state index contributed by atoms with van der Waals surface area (Å²) in [5.74, 6) is 0.983. The first kappa shape index (κ1) is 22.7. The maximum absolute atomic E-state index is 9.59. The summed E-state index contributed by atoms with van der Waals surface area (Å²) < 4.78 is 58.8. The molecule has 0 spiro atoms. The summed E-state index contributed by atoms with van der Waals surface area (Å²) in [4.78, 5) is 15.0. The molecule has 234 valence electrons. The quantitative estimate of drug-likeness (QED) is 0.187. The van der Waals surface area contributed by atoms with Gasteiger partial charge in [0.15, 0.2) is 11.6 Å². The van der Waals surface area contributed by atoms with Crippen LogP contribution in [0.25, 0.3) is 89.2 Å². The Morgan fingerprint density at radius 3 is 1.48 bits per heavy atom. The molecular weight excluding hydrogens is 611 g/mol. The molecule has 10 aromatic rings. The van der Waals surface area contributed by atoms with Crippen molar-refractivity contribution in [1.82, 2.24) is 24.1 Å². The Kier molecular flexibility index (Phi) is 5.17. The minimum absolute atomic E-state index is 0.0223. The molecule has 0 aliphatic heterocycles. The van der Waals surface area contributed by atoms with Gasteiger partial charge in [-0.2, -0.15) is 9.97 Å². The van der Waals surface area contributed by atoms with Crippen LogP contribution in [-0.4, -0.2) is 24.1 Å². The van der Waals surface area contributed by atoms with Crippen LogP contribution < -0.4 is 0 Å². The molecule has 0 saturated carbocycles. The van der Waals surface area contributed by atoms with Crippen molar-refractivity contribution < 1.29 is 8.22 Å². The third-order valence-electron chi connectivity index (χ3n) is 9.09. The Hall–Kier alpha value is -6.85. The zero-order valence-corrected chi connectivity index (χ0v) is 26.5. The summed E-state index contributed by atoms with van der Waals surface area (Å²) in [5.41, 5.74) is 5.90. The SMILES string of the molecule is [2H]c1cc([2H])c2c(c1)c1c([2H])c([2H])c3c4cc([2H])cc([2H])c4n(-c4nc(-c5ccccc5)nc(-c5ccccc5)n4)c3c1n2-c1cccc(-c2ccccc2)c1. The number of hydrogen-bond donors (Lipinski definition) is 0. The van der Waals surface area contributed by atoms with E-state index in [2.05, 4.69) is 0 Å². The van der Waals surface area contributed by atoms with Crippen LogP contribution in [0.5, 0.6) is 0 Å². The molecule has 0 atom stereocenters. The number of para-hydroxylation sites is 2. The van der Waals surface area contributed by atoms with Crippen LogP contribution in [0.3, 0.4) is 0 Å². The second kappa shape index (κ2) is 11.4. The molecule has 0 aliphatic carbocycles. The fourth-order valence-corrected chi connectivity index (χ4v) is 6.85. The number of rotatable bonds is 5. The van der Waals surface area contributed by atoms with E-state index in [0.29, 0.717) is 60.9 Å². The molecule has 0 unspecified atom stereocenters. The summed E-state index contributed by atoms with van der Waals surface area (Å²) in [6.45, 7) is 0. The van der Waals surface area contributed by atoms with Crippen molar-refractivity contribution in [3.8, 4) is 45.5 Å². The lowest BCUT2D eigenvalue weighted by atomic mass is 10.1. The van der Waals surface area contributed by atoms with Gasteiger partial charge in [-0.3, -0.25) is 4.57 Å². The fraction of sp³-hybridized carbons (Fsp3) is 0. The van der Waals surface area contributed by atoms with Gasteiger partial charge in [-0.05, 0) is 35.3 Å². The molecule has 0 bridgehead atoms. The van der Waals surface area contributed by atoms with Crippen molar-refractivity contribution in [1.29, 1.82) is 0 Å². The highest BCUT2D eigenvalue weighted by molar-refractivity contribution is 6.23. The predicted molar refractivity (Wildman–Crippen MR) is 205 cm³/mol. The molecule has 7 aromatic carbocycles. The lowest BCUT2D eigenvalue weighted by Crippen LogP contribution is -2.07. The lowest BCUT2D eigenvalue weighted by Gasteiger charge is -2.14. The molecule has 0 aliphatic rings. The van der Waals surface area contributed by atoms with Gasteiger partial charge in [0.2, 0.25) is 5.95 Å². The highest BCUT2D eigenvalue weighted by atomic mass is 15.2. The van der Waals surface area contributed by atoms with E-state index >= 15 is 0 Å². The van der Waals surface area contributed by atoms with Gasteiger partial charge >= 0.3 is 0 Å². The van der Waals surface area contributed by atoms with E-state index in [4.69, 9.17) is 17.7 Å². The van der Waals surface area contributed by atoms with Crippen LogP contribution in [0.15, 0.2) is 176 Å². The minimum Gasteiger partial charge on any atom is -0.307 e. The number of benzene rings is 7. The molecular formula is C45H29N5. The third kappa shape index (κ3) is 4.45. The van der Waals surface area contributed by atoms with Gasteiger partial charge in [0.05, 0.1) is 30.3 Å². The standard InChI is InChI=1S/C45H29N5/c1-4-15-30(16-5-1)33-21-14-22-34(29-33)49-39-25-12-10-23-35(39)37-27-28-38-36-24-11-13-26-40(36)50(42(38)41(37)49)45-47-43(31-17-6-2-7-18-31)46-44(48-45)32-19-8-3-9-20-32/h1-29H/i10D,11D,25D,26D,27D,28D. The molecule has 0 saturated heterocycles. The van der Waals surface area contributed by atoms with Gasteiger partial charge in [-0.15, -0.1) is 0 Å². The van der Waals surface area contributed by atoms with Gasteiger partial charge in [0, 0.05) is 38.4 Å². The number of aromatic nitrogens is 5. The summed E-state index contributed by atoms with van der Waals surface area (Å²) in [6, 6.07) is 43.3. The lowest BCUT2D eigenvalue weighted by molar-refractivity contribution is 0.953. The molecule has 3 aromatic heterocycles. The van der Waals surface area contributed by atoms with Crippen LogP contribution >= 0.6 is 0 Å². The van der Waals surface area contributed by atoms with Crippen LogP contribution in [-0.2, 0) is 0 Å². The third-order valence-corrected chi connectivity index (χ3v) is 9.09. The maximum atomic E-state index is 9.59. The number of nitrogens with zero attached hydrogens (tertiary/aromatic N) is 5. The zero-order chi connectivity index (χ0) is 38.2. The van der Waals surface area contributed by atoms with E-state index in [9.17, 15) is 5.48 Å². The minimum atomic E-state index is -0.110. The molecule has 5 nitrogen and oxygen atoms in total. The van der Waals surface area contributed by atoms with E-state index < -0.39 is 0 Å². The smallest absolute Gasteiger partial charge is 0.238 e. The average Bonchev–Trinajstić information content (AvgIpc) is 3.75. The van der Waals surface area contributed by atoms with Crippen LogP contribution in [0.2, 0.25) is 0 Å². The number of hydrogen-bond acceptors (Lipinski definition) is 3. The maximum Gasteiger partial charge on any atom is 0.238 e. The molecule has 0 radical (unpaired) electrons. The zero-order valence-electron chi connectivity index (χ0n) is 32.5. The molecule has 0 N–H and O–H groups in total. The average molecular weight is 646 g/mol. The highest BCUT2D eigenvalue weighted by Crippen LogP contribution is 2.42. The van der Waals surface area contributed by atoms with Crippen molar-refractivity contribution in [2.24, 2.45) is 0 Å². The molecule has 0 amide bonds. The molecule has 50 heavy (non-hydrogen) atoms. The van der Waals surface area contributed by atoms with Crippen molar-refractivity contribution in [2.45, 2.75) is 0 Å². The van der Waals surface area contributed by atoms with Crippen LogP contribution in [0.1, 0.15) is 8.22 Å². The van der Waals surface area contributed by atoms with E-state index in [1.807, 2.05) is 120 Å². The predicted octanol–water partition coefficient (Wildman–Crippen LogP) is 11.1. The highest BCUT2D eigenvalue weighted by Gasteiger charge is 2.23. The summed E-state index contributed by atoms with van der Waals surface area (Å²) in [6.07, 6.45) is 0. The second-order valence-corrected chi connectivity index (χ2v) is 12.0. The van der Waals surface area contributed by atoms with Gasteiger partial charge in [0.1, 0.15) is 0 Å². The Morgan fingerprint density at radius 2 is 0.900 bits per heavy atom. The summed E-state index contributed by atoms with van der Waals surface area (Å²) in [7, 11) is 0. The molecule has 5 heteroatoms. The summed E-state index contributed by atoms with van der Waals surface area (Å²) >= 11 is 0. The van der Waals surface area contributed by atoms with Crippen LogP contribution in [0.4, 0.5) is 0 Å². The van der Waals surface area contributed by atoms with Gasteiger partial charge < -0.3 is 4.57 Å². The van der Waals surface area contributed by atoms with Gasteiger partial charge in [-0.1, -0.05) is 152 Å². The van der Waals surface area contributed by atoms with Crippen molar-refractivity contribution in [2.75, 3.05) is 0 Å². The first-order valence-electron chi connectivity index (χ1n) is 19.3. The van der Waals surface area contributed by atoms with E-state index in [1.165, 1.54) is 12.1 Å². The van der Waals surface area contributed by atoms with Crippen LogP contribution in [0, 0.1) is 0 Å². The van der Waals surface area contributed by atoms with Crippen molar-refractivity contribution in [3.05, 3.63) is 176 Å². The van der Waals surface area contributed by atoms with Gasteiger partial charge in [-0.25, -0.2) is 4.98 Å². The molecule has 0 fully saturated rings. The van der Waals surface area contributed by atoms with E-state index in [-0.39, 0.29) is 42.2 Å². The van der Waals surface area contributed by atoms with E-state index in [0.717, 1.165) is 22.3 Å². The fourth-order valence-electron chi connectivity index (χ4n) is 6.85. The Labute approximate surface area is 296 Å². The van der Waals surface area contributed by atoms with E-state index in [1.54, 1.807) is 16.7 Å². The topological polar surface area (TPSA) is 48.5 Å². The molecule has 10 rings (SSSR count). The Balaban J connectivity index is 1.44. The van der Waals surface area contributed by atoms with Crippen molar-refractivity contribution in [3.63, 3.8) is 0 Å². The largest absolute Gasteiger partial charge is 0.307 e. The first-order valence-corrected chi connectivity index (χ1v) is 16.3.